The van der Waals surface area contributed by atoms with E-state index < -0.39 is 6.00 Å². The van der Waals surface area contributed by atoms with E-state index in [4.69, 9.17) is 38.3 Å². The Labute approximate surface area is 88.5 Å². The molecule has 0 amide bonds. The van der Waals surface area contributed by atoms with E-state index in [0.29, 0.717) is 0 Å². The van der Waals surface area contributed by atoms with Crippen molar-refractivity contribution in [3.05, 3.63) is 0 Å². The van der Waals surface area contributed by atoms with Crippen molar-refractivity contribution in [3.63, 3.8) is 0 Å². The molecule has 12 heavy (non-hydrogen) atoms. The van der Waals surface area contributed by atoms with Crippen molar-refractivity contribution < 1.29 is 9.81 Å². The first-order valence-electron chi connectivity index (χ1n) is 3.54. The van der Waals surface area contributed by atoms with E-state index in [0.717, 1.165) is 12.5 Å². The molecule has 0 aromatic heterocycles. The highest BCUT2D eigenvalue weighted by Crippen LogP contribution is 2.25. The molecule has 0 aliphatic carbocycles. The van der Waals surface area contributed by atoms with Crippen molar-refractivity contribution in [1.29, 1.82) is 0 Å². The highest BCUT2D eigenvalue weighted by atomic mass is 35.8. The third kappa shape index (κ3) is 44.1. The molecule has 0 unspecified atom stereocenters. The van der Waals surface area contributed by atoms with Crippen molar-refractivity contribution >= 4 is 39.2 Å². The first kappa shape index (κ1) is 18.7. The topological polar surface area (TPSA) is 20.2 Å². The Morgan fingerprint density at radius 1 is 1.25 bits per heavy atom. The van der Waals surface area contributed by atoms with Gasteiger partial charge in [-0.2, -0.15) is 0 Å². The van der Waals surface area contributed by atoms with E-state index in [-0.39, 0.29) is 10.8 Å². The SMILES string of the molecule is CC(C)O.CCC[Si](Cl)(Cl)Cl.F. The smallest absolute Gasteiger partial charge is 0.341 e. The summed E-state index contributed by atoms with van der Waals surface area (Å²) in [4.78, 5) is 0. The van der Waals surface area contributed by atoms with Gasteiger partial charge in [0.05, 0.1) is 0 Å². The van der Waals surface area contributed by atoms with Gasteiger partial charge in [0, 0.05) is 6.10 Å². The Kier molecular flexibility index (Phi) is 15.7. The number of halogens is 4. The summed E-state index contributed by atoms with van der Waals surface area (Å²) < 4.78 is 0. The quantitative estimate of drug-likeness (QED) is 0.592. The molecule has 0 aliphatic rings. The minimum absolute atomic E-state index is 0. The number of hydrogen-bond acceptors (Lipinski definition) is 1. The molecule has 0 saturated carbocycles. The average molecular weight is 258 g/mol. The molecule has 0 radical (unpaired) electrons. The van der Waals surface area contributed by atoms with Gasteiger partial charge in [0.2, 0.25) is 0 Å². The van der Waals surface area contributed by atoms with Gasteiger partial charge in [-0.05, 0) is 19.9 Å². The molecule has 0 heterocycles. The lowest BCUT2D eigenvalue weighted by Gasteiger charge is -2.01. The van der Waals surface area contributed by atoms with Crippen LogP contribution in [0.2, 0.25) is 6.04 Å². The zero-order valence-electron chi connectivity index (χ0n) is 7.48. The maximum atomic E-state index is 8.06. The highest BCUT2D eigenvalue weighted by molar-refractivity contribution is 7.64. The van der Waals surface area contributed by atoms with E-state index in [2.05, 4.69) is 0 Å². The second-order valence-electron chi connectivity index (χ2n) is 2.46. The maximum absolute atomic E-state index is 8.06. The van der Waals surface area contributed by atoms with Crippen LogP contribution in [0.1, 0.15) is 27.2 Å². The Bertz CT molecular complexity index is 84.6. The molecule has 0 saturated heterocycles. The molecular weight excluding hydrogens is 242 g/mol. The Hall–Kier alpha value is 0.977. The first-order valence-corrected chi connectivity index (χ1v) is 8.78. The molecular formula is C6H16Cl3FOSi. The van der Waals surface area contributed by atoms with Gasteiger partial charge in [-0.3, -0.25) is 4.70 Å². The summed E-state index contributed by atoms with van der Waals surface area (Å²) in [7, 11) is 0. The van der Waals surface area contributed by atoms with E-state index in [1.807, 2.05) is 6.92 Å². The molecule has 0 aromatic rings. The fourth-order valence-corrected chi connectivity index (χ4v) is 2.55. The van der Waals surface area contributed by atoms with Crippen molar-refractivity contribution in [2.24, 2.45) is 0 Å². The van der Waals surface area contributed by atoms with Crippen LogP contribution < -0.4 is 0 Å². The Balaban J connectivity index is -0.000000142. The van der Waals surface area contributed by atoms with Gasteiger partial charge in [-0.25, -0.2) is 0 Å². The summed E-state index contributed by atoms with van der Waals surface area (Å²) in [5.41, 5.74) is 0. The molecule has 6 heteroatoms. The summed E-state index contributed by atoms with van der Waals surface area (Å²) in [6.07, 6.45) is 0.808. The van der Waals surface area contributed by atoms with Crippen LogP contribution in [0.25, 0.3) is 0 Å². The maximum Gasteiger partial charge on any atom is 0.341 e. The predicted octanol–water partition coefficient (Wildman–Crippen LogP) is 3.59. The summed E-state index contributed by atoms with van der Waals surface area (Å²) in [5.74, 6) is 0. The monoisotopic (exact) mass is 256 g/mol. The van der Waals surface area contributed by atoms with E-state index in [9.17, 15) is 0 Å². The summed E-state index contributed by atoms with van der Waals surface area (Å²) in [6.45, 7) is 5.45. The third-order valence-electron chi connectivity index (χ3n) is 0.533. The molecule has 0 aliphatic heterocycles. The minimum Gasteiger partial charge on any atom is -0.394 e. The molecule has 1 N–H and O–H groups in total. The molecule has 78 valence electrons. The van der Waals surface area contributed by atoms with Crippen LogP contribution >= 0.6 is 33.2 Å². The van der Waals surface area contributed by atoms with Crippen LogP contribution in [-0.4, -0.2) is 17.2 Å². The molecule has 0 atom stereocenters. The molecule has 0 rings (SSSR count). The Morgan fingerprint density at radius 3 is 1.50 bits per heavy atom. The lowest BCUT2D eigenvalue weighted by molar-refractivity contribution is 0.216. The highest BCUT2D eigenvalue weighted by Gasteiger charge is 2.22. The van der Waals surface area contributed by atoms with Crippen molar-refractivity contribution in [3.8, 4) is 0 Å². The number of rotatable bonds is 2. The number of hydrogen-bond donors (Lipinski definition) is 1. The molecule has 0 fully saturated rings. The fraction of sp³-hybridized carbons (Fsp3) is 1.00. The van der Waals surface area contributed by atoms with Crippen LogP contribution in [0.15, 0.2) is 0 Å². The second kappa shape index (κ2) is 10.1. The van der Waals surface area contributed by atoms with Gasteiger partial charge < -0.3 is 5.11 Å². The number of aliphatic hydroxyl groups is 1. The van der Waals surface area contributed by atoms with Crippen molar-refractivity contribution in [1.82, 2.24) is 0 Å². The lowest BCUT2D eigenvalue weighted by atomic mass is 10.5. The first-order chi connectivity index (χ1) is 4.79. The van der Waals surface area contributed by atoms with Crippen molar-refractivity contribution in [2.75, 3.05) is 0 Å². The molecule has 0 bridgehead atoms. The van der Waals surface area contributed by atoms with Crippen LogP contribution in [-0.2, 0) is 0 Å². The van der Waals surface area contributed by atoms with Crippen LogP contribution in [0.4, 0.5) is 4.70 Å². The minimum atomic E-state index is -2.24. The standard InChI is InChI=1S/C3H7Cl3Si.C3H8O.FH/c1-2-3-7(4,5)6;1-3(2)4;/h2-3H2,1H3;3-4H,1-2H3;1H. The lowest BCUT2D eigenvalue weighted by Crippen LogP contribution is -2.06. The zero-order chi connectivity index (χ0) is 9.49. The van der Waals surface area contributed by atoms with Gasteiger partial charge in [0.15, 0.2) is 0 Å². The van der Waals surface area contributed by atoms with Crippen molar-refractivity contribution in [2.45, 2.75) is 39.3 Å². The van der Waals surface area contributed by atoms with Gasteiger partial charge in [-0.15, -0.1) is 33.2 Å². The second-order valence-corrected chi connectivity index (χ2v) is 11.7. The van der Waals surface area contributed by atoms with Crippen LogP contribution in [0.5, 0.6) is 0 Å². The normalized spacial score (nSPS) is 10.0. The third-order valence-corrected chi connectivity index (χ3v) is 3.30. The van der Waals surface area contributed by atoms with Gasteiger partial charge in [-0.1, -0.05) is 13.3 Å². The summed E-state index contributed by atoms with van der Waals surface area (Å²) in [5, 5.41) is 8.06. The van der Waals surface area contributed by atoms with E-state index in [1.165, 1.54) is 0 Å². The summed E-state index contributed by atoms with van der Waals surface area (Å²) in [6, 6.07) is -1.47. The van der Waals surface area contributed by atoms with Crippen LogP contribution in [0, 0.1) is 0 Å². The molecule has 0 spiro atoms. The average Bonchev–Trinajstić information content (AvgIpc) is 1.58. The summed E-state index contributed by atoms with van der Waals surface area (Å²) >= 11 is 16.5. The van der Waals surface area contributed by atoms with Gasteiger partial charge in [0.25, 0.3) is 0 Å². The molecule has 0 aromatic carbocycles. The largest absolute Gasteiger partial charge is 0.394 e. The van der Waals surface area contributed by atoms with E-state index >= 15 is 0 Å². The van der Waals surface area contributed by atoms with E-state index in [1.54, 1.807) is 13.8 Å². The molecule has 1 nitrogen and oxygen atoms in total. The zero-order valence-corrected chi connectivity index (χ0v) is 10.7. The fourth-order valence-electron chi connectivity index (χ4n) is 0.283. The van der Waals surface area contributed by atoms with Crippen LogP contribution in [0.3, 0.4) is 0 Å². The number of aliphatic hydroxyl groups excluding tert-OH is 1. The van der Waals surface area contributed by atoms with Gasteiger partial charge >= 0.3 is 6.00 Å². The Morgan fingerprint density at radius 2 is 1.50 bits per heavy atom. The predicted molar refractivity (Wildman–Crippen MR) is 58.3 cm³/mol. The van der Waals surface area contributed by atoms with Gasteiger partial charge in [0.1, 0.15) is 0 Å².